The molecule has 4 nitrogen and oxygen atoms in total. The van der Waals surface area contributed by atoms with Gasteiger partial charge in [-0.15, -0.1) is 0 Å². The fourth-order valence-electron chi connectivity index (χ4n) is 1.58. The molecule has 0 saturated carbocycles. The van der Waals surface area contributed by atoms with Gasteiger partial charge in [0.05, 0.1) is 14.2 Å². The molecule has 2 aromatic carbocycles. The first-order valence-corrected chi connectivity index (χ1v) is 5.95. The van der Waals surface area contributed by atoms with Gasteiger partial charge in [-0.3, -0.25) is 0 Å². The van der Waals surface area contributed by atoms with Crippen molar-refractivity contribution in [3.8, 4) is 23.0 Å². The Bertz CT molecular complexity index is 568. The minimum Gasteiger partial charge on any atom is -0.526 e. The maximum Gasteiger partial charge on any atom is 0.658 e. The topological polar surface area (TPSA) is 36.9 Å². The van der Waals surface area contributed by atoms with Crippen molar-refractivity contribution in [3.63, 3.8) is 0 Å². The number of hydrogen-bond acceptors (Lipinski definition) is 4. The molecular formula is C14H12BF2O4. The van der Waals surface area contributed by atoms with Gasteiger partial charge >= 0.3 is 7.69 Å². The van der Waals surface area contributed by atoms with Crippen molar-refractivity contribution < 1.29 is 27.6 Å². The Morgan fingerprint density at radius 3 is 1.43 bits per heavy atom. The van der Waals surface area contributed by atoms with E-state index in [0.717, 1.165) is 19.8 Å². The lowest BCUT2D eigenvalue weighted by molar-refractivity contribution is 0.401. The number of hydrogen-bond donors (Lipinski definition) is 0. The van der Waals surface area contributed by atoms with Gasteiger partial charge in [0.15, 0.2) is 0 Å². The molecule has 0 atom stereocenters. The zero-order valence-corrected chi connectivity index (χ0v) is 11.4. The first-order valence-electron chi connectivity index (χ1n) is 5.95. The third-order valence-electron chi connectivity index (χ3n) is 2.53. The highest BCUT2D eigenvalue weighted by molar-refractivity contribution is 6.20. The quantitative estimate of drug-likeness (QED) is 0.767. The largest absolute Gasteiger partial charge is 0.658 e. The molecule has 0 spiro atoms. The predicted molar refractivity (Wildman–Crippen MR) is 72.9 cm³/mol. The van der Waals surface area contributed by atoms with E-state index in [-0.39, 0.29) is 11.5 Å². The summed E-state index contributed by atoms with van der Waals surface area (Å²) < 4.78 is 46.5. The molecule has 1 radical (unpaired) electrons. The highest BCUT2D eigenvalue weighted by Gasteiger charge is 2.07. The summed E-state index contributed by atoms with van der Waals surface area (Å²) in [4.78, 5) is 0. The molecular weight excluding hydrogens is 281 g/mol. The first kappa shape index (κ1) is 15.0. The summed E-state index contributed by atoms with van der Waals surface area (Å²) in [5.74, 6) is -0.0163. The van der Waals surface area contributed by atoms with E-state index in [1.165, 1.54) is 38.5 Å². The van der Waals surface area contributed by atoms with Gasteiger partial charge in [-0.25, -0.2) is 8.78 Å². The zero-order valence-electron chi connectivity index (χ0n) is 11.4. The first-order chi connectivity index (χ1) is 10.1. The number of methoxy groups -OCH3 is 2. The van der Waals surface area contributed by atoms with Gasteiger partial charge < -0.3 is 18.8 Å². The Labute approximate surface area is 121 Å². The Balaban J connectivity index is 1.98. The Morgan fingerprint density at radius 2 is 1.05 bits per heavy atom. The summed E-state index contributed by atoms with van der Waals surface area (Å²) in [6.07, 6.45) is 0. The molecule has 0 heterocycles. The molecule has 0 unspecified atom stereocenters. The second kappa shape index (κ2) is 6.83. The lowest BCUT2D eigenvalue weighted by Gasteiger charge is -2.09. The van der Waals surface area contributed by atoms with Crippen LogP contribution in [0.2, 0.25) is 0 Å². The van der Waals surface area contributed by atoms with Crippen LogP contribution >= 0.6 is 0 Å². The summed E-state index contributed by atoms with van der Waals surface area (Å²) >= 11 is 0. The van der Waals surface area contributed by atoms with Gasteiger partial charge in [-0.1, -0.05) is 0 Å². The van der Waals surface area contributed by atoms with Crippen LogP contribution < -0.4 is 18.8 Å². The van der Waals surface area contributed by atoms with E-state index in [9.17, 15) is 8.78 Å². The van der Waals surface area contributed by atoms with Crippen LogP contribution in [0.5, 0.6) is 23.0 Å². The summed E-state index contributed by atoms with van der Waals surface area (Å²) in [5, 5.41) is 0. The van der Waals surface area contributed by atoms with Gasteiger partial charge in [-0.05, 0) is 0 Å². The molecule has 0 bridgehead atoms. The van der Waals surface area contributed by atoms with E-state index in [4.69, 9.17) is 18.8 Å². The zero-order chi connectivity index (χ0) is 15.2. The summed E-state index contributed by atoms with van der Waals surface area (Å²) in [5.41, 5.74) is 0. The van der Waals surface area contributed by atoms with E-state index < -0.39 is 11.6 Å². The summed E-state index contributed by atoms with van der Waals surface area (Å²) in [7, 11) is 3.79. The van der Waals surface area contributed by atoms with E-state index in [1.54, 1.807) is 0 Å². The summed E-state index contributed by atoms with van der Waals surface area (Å²) in [6, 6.07) is 7.71. The van der Waals surface area contributed by atoms with E-state index in [1.807, 2.05) is 0 Å². The molecule has 0 aliphatic carbocycles. The molecule has 2 rings (SSSR count). The van der Waals surface area contributed by atoms with Gasteiger partial charge in [0, 0.05) is 36.4 Å². The van der Waals surface area contributed by atoms with Crippen molar-refractivity contribution in [3.05, 3.63) is 48.0 Å². The van der Waals surface area contributed by atoms with Gasteiger partial charge in [0.1, 0.15) is 34.6 Å². The smallest absolute Gasteiger partial charge is 0.526 e. The number of benzene rings is 2. The van der Waals surface area contributed by atoms with Crippen LogP contribution in [-0.2, 0) is 0 Å². The lowest BCUT2D eigenvalue weighted by Crippen LogP contribution is -2.11. The second-order valence-corrected chi connectivity index (χ2v) is 3.99. The maximum atomic E-state index is 13.2. The molecule has 109 valence electrons. The van der Waals surface area contributed by atoms with Crippen LogP contribution in [0.15, 0.2) is 36.4 Å². The van der Waals surface area contributed by atoms with Crippen molar-refractivity contribution in [2.45, 2.75) is 0 Å². The molecule has 2 aromatic rings. The molecule has 0 fully saturated rings. The average molecular weight is 293 g/mol. The molecule has 7 heteroatoms. The molecule has 0 aliphatic rings. The Hall–Kier alpha value is -2.44. The van der Waals surface area contributed by atoms with Crippen LogP contribution in [0.1, 0.15) is 0 Å². The highest BCUT2D eigenvalue weighted by Crippen LogP contribution is 2.23. The fraction of sp³-hybridized carbons (Fsp3) is 0.143. The van der Waals surface area contributed by atoms with Crippen molar-refractivity contribution >= 4 is 7.69 Å². The number of ether oxygens (including phenoxy) is 2. The normalized spacial score (nSPS) is 9.90. The molecule has 0 amide bonds. The van der Waals surface area contributed by atoms with Crippen LogP contribution in [0, 0.1) is 11.6 Å². The SMILES string of the molecule is COc1cc(F)cc(O[B]Oc2cc(F)cc(OC)c2)c1. The van der Waals surface area contributed by atoms with Crippen molar-refractivity contribution in [2.24, 2.45) is 0 Å². The number of halogens is 2. The molecule has 0 N–H and O–H groups in total. The molecule has 0 aliphatic heterocycles. The minimum absolute atomic E-state index is 0.190. The van der Waals surface area contributed by atoms with E-state index in [2.05, 4.69) is 0 Å². The Morgan fingerprint density at radius 1 is 0.667 bits per heavy atom. The van der Waals surface area contributed by atoms with Crippen LogP contribution in [0.3, 0.4) is 0 Å². The van der Waals surface area contributed by atoms with Crippen molar-refractivity contribution in [2.75, 3.05) is 14.2 Å². The van der Waals surface area contributed by atoms with Crippen LogP contribution in [0.25, 0.3) is 0 Å². The monoisotopic (exact) mass is 293 g/mol. The molecule has 0 saturated heterocycles. The average Bonchev–Trinajstić information content (AvgIpc) is 2.46. The van der Waals surface area contributed by atoms with Gasteiger partial charge in [0.2, 0.25) is 0 Å². The predicted octanol–water partition coefficient (Wildman–Crippen LogP) is 2.97. The summed E-state index contributed by atoms with van der Waals surface area (Å²) in [6.45, 7) is 0. The fourth-order valence-corrected chi connectivity index (χ4v) is 1.58. The minimum atomic E-state index is -0.509. The van der Waals surface area contributed by atoms with Gasteiger partial charge in [-0.2, -0.15) is 0 Å². The standard InChI is InChI=1S/C14H12BF2O4/c1-18-11-3-9(16)5-13(7-11)20-15-21-14-6-10(17)4-12(8-14)19-2/h3-8H,1-2H3. The van der Waals surface area contributed by atoms with Crippen molar-refractivity contribution in [1.29, 1.82) is 0 Å². The number of rotatable bonds is 6. The van der Waals surface area contributed by atoms with Gasteiger partial charge in [0.25, 0.3) is 0 Å². The third kappa shape index (κ3) is 4.27. The molecule has 0 aromatic heterocycles. The van der Waals surface area contributed by atoms with E-state index >= 15 is 0 Å². The van der Waals surface area contributed by atoms with E-state index in [0.29, 0.717) is 11.5 Å². The third-order valence-corrected chi connectivity index (χ3v) is 2.53. The van der Waals surface area contributed by atoms with Crippen LogP contribution in [-0.4, -0.2) is 21.9 Å². The maximum absolute atomic E-state index is 13.2. The van der Waals surface area contributed by atoms with Crippen LogP contribution in [0.4, 0.5) is 8.78 Å². The second-order valence-electron chi connectivity index (χ2n) is 3.99. The lowest BCUT2D eigenvalue weighted by atomic mass is 10.2. The highest BCUT2D eigenvalue weighted by atomic mass is 19.1. The Kier molecular flexibility index (Phi) is 4.87. The molecule has 21 heavy (non-hydrogen) atoms. The van der Waals surface area contributed by atoms with Crippen molar-refractivity contribution in [1.82, 2.24) is 0 Å².